The fourth-order valence-electron chi connectivity index (χ4n) is 2.27. The van der Waals surface area contributed by atoms with Gasteiger partial charge in [0.05, 0.1) is 0 Å². The first kappa shape index (κ1) is 20.8. The van der Waals surface area contributed by atoms with Crippen LogP contribution in [0, 0.1) is 6.92 Å². The Bertz CT molecular complexity index is 622. The first-order valence-corrected chi connectivity index (χ1v) is 9.38. The van der Waals surface area contributed by atoms with E-state index in [2.05, 4.69) is 10.6 Å². The fourth-order valence-corrected chi connectivity index (χ4v) is 2.74. The third kappa shape index (κ3) is 7.04. The van der Waals surface area contributed by atoms with Crippen molar-refractivity contribution in [2.24, 2.45) is 5.73 Å². The first-order chi connectivity index (χ1) is 11.9. The molecule has 7 nitrogen and oxygen atoms in total. The van der Waals surface area contributed by atoms with Gasteiger partial charge < -0.3 is 21.1 Å². The molecule has 1 rings (SSSR count). The molecule has 0 spiro atoms. The van der Waals surface area contributed by atoms with E-state index in [0.717, 1.165) is 23.2 Å². The number of primary amides is 1. The molecule has 1 aromatic carbocycles. The molecule has 0 aliphatic carbocycles. The lowest BCUT2D eigenvalue weighted by molar-refractivity contribution is -0.149. The van der Waals surface area contributed by atoms with Crippen LogP contribution in [0.2, 0.25) is 0 Å². The van der Waals surface area contributed by atoms with Crippen molar-refractivity contribution in [1.82, 2.24) is 5.32 Å². The topological polar surface area (TPSA) is 111 Å². The van der Waals surface area contributed by atoms with Crippen molar-refractivity contribution < 1.29 is 19.1 Å². The number of nitrogens with one attached hydrogen (secondary N) is 2. The van der Waals surface area contributed by atoms with Gasteiger partial charge in [0.15, 0.2) is 6.61 Å². The third-order valence-corrected chi connectivity index (χ3v) is 4.21. The number of carbonyl (C=O) groups is 3. The number of hydrogen-bond acceptors (Lipinski definition) is 5. The van der Waals surface area contributed by atoms with Gasteiger partial charge in [-0.05, 0) is 42.9 Å². The average molecular weight is 367 g/mol. The summed E-state index contributed by atoms with van der Waals surface area (Å²) in [5, 5.41) is 5.11. The van der Waals surface area contributed by atoms with Gasteiger partial charge in [-0.2, -0.15) is 11.8 Å². The molecule has 0 heterocycles. The highest BCUT2D eigenvalue weighted by atomic mass is 32.2. The number of esters is 1. The zero-order chi connectivity index (χ0) is 18.8. The highest BCUT2D eigenvalue weighted by Gasteiger charge is 2.22. The quantitative estimate of drug-likeness (QED) is 0.577. The molecule has 0 unspecified atom stereocenters. The molecular weight excluding hydrogens is 342 g/mol. The second-order valence-electron chi connectivity index (χ2n) is 5.46. The molecule has 1 atom stereocenters. The van der Waals surface area contributed by atoms with Crippen molar-refractivity contribution in [3.05, 3.63) is 29.3 Å². The number of ether oxygens (including phenoxy) is 1. The molecule has 138 valence electrons. The van der Waals surface area contributed by atoms with Gasteiger partial charge in [-0.3, -0.25) is 4.79 Å². The summed E-state index contributed by atoms with van der Waals surface area (Å²) < 4.78 is 5.02. The molecule has 1 aromatic rings. The average Bonchev–Trinajstić information content (AvgIpc) is 2.57. The standard InChI is InChI=1S/C17H25N3O4S/c1-4-12-7-5-6-11(2)15(12)20-14(21)10-24-16(22)13(8-9-25-3)19-17(18)23/h5-7,13H,4,8-10H2,1-3H3,(H,20,21)(H3,18,19,23)/t13-/m1/s1. The molecule has 0 aromatic heterocycles. The Hall–Kier alpha value is -2.22. The number of carbonyl (C=O) groups excluding carboxylic acids is 3. The molecule has 0 saturated heterocycles. The Kier molecular flexibility index (Phi) is 8.83. The maximum Gasteiger partial charge on any atom is 0.329 e. The lowest BCUT2D eigenvalue weighted by Crippen LogP contribution is -2.45. The van der Waals surface area contributed by atoms with Crippen LogP contribution in [-0.2, 0) is 20.7 Å². The predicted octanol–water partition coefficient (Wildman–Crippen LogP) is 1.83. The van der Waals surface area contributed by atoms with Crippen molar-refractivity contribution in [3.8, 4) is 0 Å². The summed E-state index contributed by atoms with van der Waals surface area (Å²) in [5.74, 6) is -0.460. The summed E-state index contributed by atoms with van der Waals surface area (Å²) >= 11 is 1.53. The number of thioether (sulfide) groups is 1. The Morgan fingerprint density at radius 2 is 2.04 bits per heavy atom. The summed E-state index contributed by atoms with van der Waals surface area (Å²) in [6, 6.07) is 4.10. The third-order valence-electron chi connectivity index (χ3n) is 3.56. The van der Waals surface area contributed by atoms with Crippen LogP contribution in [0.5, 0.6) is 0 Å². The number of rotatable bonds is 9. The van der Waals surface area contributed by atoms with Gasteiger partial charge in [0.1, 0.15) is 6.04 Å². The van der Waals surface area contributed by atoms with Crippen molar-refractivity contribution >= 4 is 35.4 Å². The van der Waals surface area contributed by atoms with E-state index in [0.29, 0.717) is 12.2 Å². The van der Waals surface area contributed by atoms with E-state index in [1.54, 1.807) is 0 Å². The highest BCUT2D eigenvalue weighted by molar-refractivity contribution is 7.98. The molecule has 3 amide bonds. The van der Waals surface area contributed by atoms with Crippen molar-refractivity contribution in [1.29, 1.82) is 0 Å². The Morgan fingerprint density at radius 1 is 1.32 bits per heavy atom. The Balaban J connectivity index is 2.62. The number of para-hydroxylation sites is 1. The van der Waals surface area contributed by atoms with E-state index in [9.17, 15) is 14.4 Å². The number of anilines is 1. The number of benzene rings is 1. The monoisotopic (exact) mass is 367 g/mol. The van der Waals surface area contributed by atoms with Crippen LogP contribution in [-0.4, -0.2) is 42.6 Å². The number of hydrogen-bond donors (Lipinski definition) is 3. The van der Waals surface area contributed by atoms with E-state index >= 15 is 0 Å². The van der Waals surface area contributed by atoms with Crippen LogP contribution in [0.3, 0.4) is 0 Å². The summed E-state index contributed by atoms with van der Waals surface area (Å²) in [6.45, 7) is 3.47. The minimum Gasteiger partial charge on any atom is -0.454 e. The van der Waals surface area contributed by atoms with Crippen LogP contribution >= 0.6 is 11.8 Å². The molecule has 0 fully saturated rings. The van der Waals surface area contributed by atoms with E-state index in [-0.39, 0.29) is 0 Å². The molecule has 0 bridgehead atoms. The molecule has 0 aliphatic rings. The summed E-state index contributed by atoms with van der Waals surface area (Å²) in [7, 11) is 0. The van der Waals surface area contributed by atoms with Crippen molar-refractivity contribution in [2.45, 2.75) is 32.7 Å². The van der Waals surface area contributed by atoms with Crippen LogP contribution in [0.15, 0.2) is 18.2 Å². The molecule has 25 heavy (non-hydrogen) atoms. The number of amides is 3. The number of aryl methyl sites for hydroxylation is 2. The predicted molar refractivity (Wildman–Crippen MR) is 99.7 cm³/mol. The highest BCUT2D eigenvalue weighted by Crippen LogP contribution is 2.20. The zero-order valence-corrected chi connectivity index (χ0v) is 15.6. The van der Waals surface area contributed by atoms with Gasteiger partial charge in [0, 0.05) is 5.69 Å². The van der Waals surface area contributed by atoms with E-state index in [4.69, 9.17) is 10.5 Å². The van der Waals surface area contributed by atoms with Crippen LogP contribution in [0.25, 0.3) is 0 Å². The first-order valence-electron chi connectivity index (χ1n) is 7.98. The van der Waals surface area contributed by atoms with Gasteiger partial charge in [0.2, 0.25) is 0 Å². The molecular formula is C17H25N3O4S. The van der Waals surface area contributed by atoms with Gasteiger partial charge in [-0.15, -0.1) is 0 Å². The smallest absolute Gasteiger partial charge is 0.329 e. The number of nitrogens with two attached hydrogens (primary N) is 1. The lowest BCUT2D eigenvalue weighted by Gasteiger charge is -2.16. The van der Waals surface area contributed by atoms with E-state index in [1.165, 1.54) is 11.8 Å². The second-order valence-corrected chi connectivity index (χ2v) is 6.45. The van der Waals surface area contributed by atoms with Crippen LogP contribution in [0.1, 0.15) is 24.5 Å². The second kappa shape index (κ2) is 10.6. The van der Waals surface area contributed by atoms with E-state index < -0.39 is 30.6 Å². The van der Waals surface area contributed by atoms with Crippen molar-refractivity contribution in [3.63, 3.8) is 0 Å². The number of urea groups is 1. The summed E-state index contributed by atoms with van der Waals surface area (Å²) in [6.07, 6.45) is 3.03. The molecule has 0 radical (unpaired) electrons. The molecule has 4 N–H and O–H groups in total. The van der Waals surface area contributed by atoms with Gasteiger partial charge in [-0.1, -0.05) is 25.1 Å². The van der Waals surface area contributed by atoms with E-state index in [1.807, 2.05) is 38.3 Å². The molecule has 8 heteroatoms. The summed E-state index contributed by atoms with van der Waals surface area (Å²) in [5.41, 5.74) is 7.75. The summed E-state index contributed by atoms with van der Waals surface area (Å²) in [4.78, 5) is 35.1. The Morgan fingerprint density at radius 3 is 2.64 bits per heavy atom. The maximum absolute atomic E-state index is 12.1. The lowest BCUT2D eigenvalue weighted by atomic mass is 10.1. The van der Waals surface area contributed by atoms with Crippen LogP contribution in [0.4, 0.5) is 10.5 Å². The largest absolute Gasteiger partial charge is 0.454 e. The van der Waals surface area contributed by atoms with Gasteiger partial charge in [-0.25, -0.2) is 9.59 Å². The Labute approximate surface area is 152 Å². The normalized spacial score (nSPS) is 11.5. The minimum absolute atomic E-state index is 0.377. The van der Waals surface area contributed by atoms with Gasteiger partial charge >= 0.3 is 12.0 Å². The molecule has 0 aliphatic heterocycles. The van der Waals surface area contributed by atoms with Crippen LogP contribution < -0.4 is 16.4 Å². The zero-order valence-electron chi connectivity index (χ0n) is 14.8. The SMILES string of the molecule is CCc1cccc(C)c1NC(=O)COC(=O)[C@@H](CCSC)NC(N)=O. The van der Waals surface area contributed by atoms with Gasteiger partial charge in [0.25, 0.3) is 5.91 Å². The minimum atomic E-state index is -0.859. The van der Waals surface area contributed by atoms with Crippen molar-refractivity contribution in [2.75, 3.05) is 23.9 Å². The molecule has 0 saturated carbocycles. The fraction of sp³-hybridized carbons (Fsp3) is 0.471. The maximum atomic E-state index is 12.1.